The van der Waals surface area contributed by atoms with Crippen LogP contribution in [0.5, 0.6) is 0 Å². The van der Waals surface area contributed by atoms with E-state index < -0.39 is 0 Å². The normalized spacial score (nSPS) is 29.8. The number of aromatic nitrogens is 2. The van der Waals surface area contributed by atoms with Crippen molar-refractivity contribution in [3.05, 3.63) is 15.9 Å². The molecule has 118 valence electrons. The number of rotatable bonds is 4. The zero-order chi connectivity index (χ0) is 15.0. The summed E-state index contributed by atoms with van der Waals surface area (Å²) in [4.78, 5) is 2.62. The van der Waals surface area contributed by atoms with Gasteiger partial charge in [-0.05, 0) is 62.5 Å². The van der Waals surface area contributed by atoms with Gasteiger partial charge in [0, 0.05) is 31.2 Å². The van der Waals surface area contributed by atoms with E-state index in [1.54, 1.807) is 0 Å². The van der Waals surface area contributed by atoms with E-state index >= 15 is 0 Å². The third kappa shape index (κ3) is 3.06. The highest BCUT2D eigenvalue weighted by atomic mass is 79.9. The summed E-state index contributed by atoms with van der Waals surface area (Å²) in [6.07, 6.45) is 6.76. The van der Waals surface area contributed by atoms with Gasteiger partial charge in [-0.15, -0.1) is 0 Å². The van der Waals surface area contributed by atoms with Crippen molar-refractivity contribution in [3.63, 3.8) is 0 Å². The highest BCUT2D eigenvalue weighted by molar-refractivity contribution is 9.10. The van der Waals surface area contributed by atoms with Gasteiger partial charge in [0.1, 0.15) is 0 Å². The fraction of sp³-hybridized carbons (Fsp3) is 0.812. The van der Waals surface area contributed by atoms with Crippen molar-refractivity contribution in [2.45, 2.75) is 77.2 Å². The van der Waals surface area contributed by atoms with E-state index in [1.807, 2.05) is 0 Å². The first-order valence-corrected chi connectivity index (χ1v) is 9.06. The molecule has 1 aromatic rings. The Kier molecular flexibility index (Phi) is 4.71. The lowest BCUT2D eigenvalue weighted by molar-refractivity contribution is 0.0481. The molecule has 0 aromatic carbocycles. The molecular formula is C16H27BrN4. The molecule has 0 radical (unpaired) electrons. The number of aryl methyl sites for hydroxylation is 2. The second-order valence-corrected chi connectivity index (χ2v) is 7.41. The number of nitrogens with zero attached hydrogens (tertiary/aromatic N) is 3. The van der Waals surface area contributed by atoms with Gasteiger partial charge in [0.05, 0.1) is 15.9 Å². The second-order valence-electron chi connectivity index (χ2n) is 6.62. The van der Waals surface area contributed by atoms with E-state index in [4.69, 9.17) is 0 Å². The van der Waals surface area contributed by atoms with Gasteiger partial charge >= 0.3 is 0 Å². The minimum absolute atomic E-state index is 0.656. The van der Waals surface area contributed by atoms with Crippen LogP contribution in [0.3, 0.4) is 0 Å². The quantitative estimate of drug-likeness (QED) is 0.901. The van der Waals surface area contributed by atoms with Gasteiger partial charge in [0.25, 0.3) is 0 Å². The van der Waals surface area contributed by atoms with Gasteiger partial charge in [-0.25, -0.2) is 0 Å². The molecule has 2 aliphatic rings. The molecule has 1 aromatic heterocycles. The van der Waals surface area contributed by atoms with Crippen LogP contribution in [-0.2, 0) is 13.1 Å². The number of hydrogen-bond donors (Lipinski definition) is 1. The van der Waals surface area contributed by atoms with Gasteiger partial charge < -0.3 is 10.2 Å². The summed E-state index contributed by atoms with van der Waals surface area (Å²) in [5.74, 6) is 0. The van der Waals surface area contributed by atoms with Crippen LogP contribution < -0.4 is 5.32 Å². The molecule has 0 spiro atoms. The van der Waals surface area contributed by atoms with E-state index in [0.29, 0.717) is 6.04 Å². The molecule has 0 saturated carbocycles. The molecular weight excluding hydrogens is 328 g/mol. The summed E-state index contributed by atoms with van der Waals surface area (Å²) < 4.78 is 3.28. The van der Waals surface area contributed by atoms with Crippen LogP contribution in [0.4, 0.5) is 0 Å². The first-order valence-electron chi connectivity index (χ1n) is 8.27. The van der Waals surface area contributed by atoms with E-state index in [-0.39, 0.29) is 0 Å². The van der Waals surface area contributed by atoms with Gasteiger partial charge in [0.2, 0.25) is 0 Å². The van der Waals surface area contributed by atoms with E-state index in [1.165, 1.54) is 42.3 Å². The Bertz CT molecular complexity index is 485. The molecule has 2 atom stereocenters. The molecule has 1 N–H and O–H groups in total. The molecule has 4 nitrogen and oxygen atoms in total. The number of fused-ring (bicyclic) bond motifs is 2. The number of nitrogens with one attached hydrogen (secondary N) is 1. The number of piperidine rings is 2. The first kappa shape index (κ1) is 15.5. The van der Waals surface area contributed by atoms with Crippen LogP contribution in [0.15, 0.2) is 4.47 Å². The minimum atomic E-state index is 0.656. The molecule has 2 unspecified atom stereocenters. The number of halogens is 1. The van der Waals surface area contributed by atoms with Gasteiger partial charge in [-0.1, -0.05) is 6.42 Å². The fourth-order valence-corrected chi connectivity index (χ4v) is 4.49. The summed E-state index contributed by atoms with van der Waals surface area (Å²) in [7, 11) is 2.32. The monoisotopic (exact) mass is 354 g/mol. The summed E-state index contributed by atoms with van der Waals surface area (Å²) in [6.45, 7) is 6.08. The molecule has 2 saturated heterocycles. The summed E-state index contributed by atoms with van der Waals surface area (Å²) in [5.41, 5.74) is 2.38. The molecule has 3 heterocycles. The van der Waals surface area contributed by atoms with Crippen molar-refractivity contribution >= 4 is 15.9 Å². The van der Waals surface area contributed by atoms with E-state index in [0.717, 1.165) is 30.9 Å². The third-order valence-electron chi connectivity index (χ3n) is 5.35. The first-order chi connectivity index (χ1) is 10.1. The zero-order valence-electron chi connectivity index (χ0n) is 13.4. The molecule has 3 rings (SSSR count). The Labute approximate surface area is 136 Å². The SMILES string of the molecule is CCn1nc(C)c(Br)c1CNC1CC2CCCC(C1)N2C. The highest BCUT2D eigenvalue weighted by Crippen LogP contribution is 2.33. The average molecular weight is 355 g/mol. The third-order valence-corrected chi connectivity index (χ3v) is 6.38. The van der Waals surface area contributed by atoms with Crippen LogP contribution in [0, 0.1) is 6.92 Å². The van der Waals surface area contributed by atoms with Crippen LogP contribution in [-0.4, -0.2) is 39.9 Å². The Morgan fingerprint density at radius 2 is 1.95 bits per heavy atom. The average Bonchev–Trinajstić information content (AvgIpc) is 2.72. The highest BCUT2D eigenvalue weighted by Gasteiger charge is 2.35. The lowest BCUT2D eigenvalue weighted by Crippen LogP contribution is -2.54. The summed E-state index contributed by atoms with van der Waals surface area (Å²) in [5, 5.41) is 8.38. The predicted octanol–water partition coefficient (Wildman–Crippen LogP) is 3.08. The second kappa shape index (κ2) is 6.39. The molecule has 2 aliphatic heterocycles. The molecule has 0 aliphatic carbocycles. The van der Waals surface area contributed by atoms with Crippen molar-refractivity contribution in [2.24, 2.45) is 0 Å². The Morgan fingerprint density at radius 3 is 2.57 bits per heavy atom. The fourth-order valence-electron chi connectivity index (χ4n) is 4.06. The maximum Gasteiger partial charge on any atom is 0.0739 e. The largest absolute Gasteiger partial charge is 0.308 e. The van der Waals surface area contributed by atoms with Crippen LogP contribution in [0.2, 0.25) is 0 Å². The van der Waals surface area contributed by atoms with Crippen molar-refractivity contribution in [1.29, 1.82) is 0 Å². The maximum absolute atomic E-state index is 4.58. The van der Waals surface area contributed by atoms with Crippen LogP contribution >= 0.6 is 15.9 Å². The Balaban J connectivity index is 1.63. The summed E-state index contributed by atoms with van der Waals surface area (Å²) >= 11 is 3.69. The summed E-state index contributed by atoms with van der Waals surface area (Å²) in [6, 6.07) is 2.23. The molecule has 2 bridgehead atoms. The lowest BCUT2D eigenvalue weighted by atomic mass is 9.82. The number of hydrogen-bond acceptors (Lipinski definition) is 3. The van der Waals surface area contributed by atoms with E-state index in [9.17, 15) is 0 Å². The van der Waals surface area contributed by atoms with Crippen LogP contribution in [0.25, 0.3) is 0 Å². The standard InChI is InChI=1S/C16H27BrN4/c1-4-21-15(16(17)11(2)19-21)10-18-12-8-13-6-5-7-14(9-12)20(13)3/h12-14,18H,4-10H2,1-3H3. The zero-order valence-corrected chi connectivity index (χ0v) is 15.0. The van der Waals surface area contributed by atoms with Crippen LogP contribution in [0.1, 0.15) is 50.4 Å². The van der Waals surface area contributed by atoms with Gasteiger partial charge in [-0.3, -0.25) is 4.68 Å². The lowest BCUT2D eigenvalue weighted by Gasteiger charge is -2.47. The minimum Gasteiger partial charge on any atom is -0.308 e. The topological polar surface area (TPSA) is 33.1 Å². The van der Waals surface area contributed by atoms with Crippen molar-refractivity contribution in [2.75, 3.05) is 7.05 Å². The molecule has 5 heteroatoms. The predicted molar refractivity (Wildman–Crippen MR) is 89.4 cm³/mol. The maximum atomic E-state index is 4.58. The molecule has 2 fully saturated rings. The van der Waals surface area contributed by atoms with Crippen molar-refractivity contribution in [1.82, 2.24) is 20.0 Å². The van der Waals surface area contributed by atoms with Crippen molar-refractivity contribution in [3.8, 4) is 0 Å². The van der Waals surface area contributed by atoms with Crippen molar-refractivity contribution < 1.29 is 0 Å². The Hall–Kier alpha value is -0.390. The molecule has 0 amide bonds. The van der Waals surface area contributed by atoms with E-state index in [2.05, 4.69) is 56.8 Å². The molecule has 21 heavy (non-hydrogen) atoms. The van der Waals surface area contributed by atoms with Gasteiger partial charge in [-0.2, -0.15) is 5.10 Å². The van der Waals surface area contributed by atoms with Gasteiger partial charge in [0.15, 0.2) is 0 Å². The Morgan fingerprint density at radius 1 is 1.29 bits per heavy atom. The smallest absolute Gasteiger partial charge is 0.0739 e.